The molecule has 0 radical (unpaired) electrons. The first-order chi connectivity index (χ1) is 23.9. The largest absolute Gasteiger partial charge is 0.514 e. The Morgan fingerprint density at radius 3 is 1.88 bits per heavy atom. The number of rotatable bonds is 5. The van der Waals surface area contributed by atoms with E-state index in [1.165, 1.54) is 0 Å². The van der Waals surface area contributed by atoms with E-state index < -0.39 is 53.7 Å². The summed E-state index contributed by atoms with van der Waals surface area (Å²) in [6.45, 7) is 12.9. The average molecular weight is 699 g/mol. The van der Waals surface area contributed by atoms with E-state index >= 15 is 0 Å². The first kappa shape index (κ1) is 34.0. The summed E-state index contributed by atoms with van der Waals surface area (Å²) in [6.07, 6.45) is 4.31. The second-order valence-electron chi connectivity index (χ2n) is 17.4. The maximum atomic E-state index is 13.6. The van der Waals surface area contributed by atoms with Crippen molar-refractivity contribution in [1.29, 1.82) is 0 Å². The second kappa shape index (κ2) is 12.1. The summed E-state index contributed by atoms with van der Waals surface area (Å²) in [6, 6.07) is 9.01. The van der Waals surface area contributed by atoms with Crippen LogP contribution in [0.1, 0.15) is 99.3 Å². The lowest BCUT2D eigenvalue weighted by Crippen LogP contribution is -2.72. The molecule has 1 aromatic carbocycles. The monoisotopic (exact) mass is 698 g/mol. The Balaban J connectivity index is 1.05. The van der Waals surface area contributed by atoms with Gasteiger partial charge in [0.15, 0.2) is 23.8 Å². The highest BCUT2D eigenvalue weighted by atomic mass is 17.3. The molecule has 8 saturated heterocycles. The molecule has 2 aliphatic carbocycles. The topological polar surface area (TPSA) is 109 Å². The van der Waals surface area contributed by atoms with Crippen LogP contribution in [0.3, 0.4) is 0 Å². The Hall–Kier alpha value is -1.83. The highest BCUT2D eigenvalue weighted by molar-refractivity contribution is 5.64. The average Bonchev–Trinajstić information content (AvgIpc) is 3.46. The minimum absolute atomic E-state index is 0.0450. The molecule has 10 fully saturated rings. The minimum atomic E-state index is -0.913. The van der Waals surface area contributed by atoms with Gasteiger partial charge >= 0.3 is 6.16 Å². The number of carbonyl (C=O) groups excluding carboxylic acids is 1. The van der Waals surface area contributed by atoms with Crippen molar-refractivity contribution >= 4 is 6.16 Å². The van der Waals surface area contributed by atoms with Gasteiger partial charge in [0.25, 0.3) is 0 Å². The summed E-state index contributed by atoms with van der Waals surface area (Å²) in [7, 11) is 0. The predicted molar refractivity (Wildman–Crippen MR) is 176 cm³/mol. The number of ether oxygens (including phenoxy) is 6. The van der Waals surface area contributed by atoms with E-state index in [0.717, 1.165) is 51.4 Å². The van der Waals surface area contributed by atoms with E-state index in [2.05, 4.69) is 27.7 Å². The van der Waals surface area contributed by atoms with Gasteiger partial charge in [-0.05, 0) is 100 Å². The number of hydrogen-bond donors (Lipinski definition) is 0. The Kier molecular flexibility index (Phi) is 8.22. The van der Waals surface area contributed by atoms with Crippen LogP contribution in [-0.2, 0) is 43.2 Å². The van der Waals surface area contributed by atoms with Crippen molar-refractivity contribution < 1.29 is 52.8 Å². The van der Waals surface area contributed by atoms with Gasteiger partial charge in [-0.3, -0.25) is 0 Å². The van der Waals surface area contributed by atoms with Crippen molar-refractivity contribution in [3.63, 3.8) is 0 Å². The van der Waals surface area contributed by atoms with Gasteiger partial charge in [0, 0.05) is 31.1 Å². The van der Waals surface area contributed by atoms with Crippen molar-refractivity contribution in [2.45, 2.75) is 153 Å². The number of benzene rings is 1. The van der Waals surface area contributed by atoms with Crippen molar-refractivity contribution in [2.75, 3.05) is 0 Å². The summed E-state index contributed by atoms with van der Waals surface area (Å²) in [4.78, 5) is 38.6. The fraction of sp³-hybridized carbons (Fsp3) is 0.821. The molecule has 8 heterocycles. The summed E-state index contributed by atoms with van der Waals surface area (Å²) < 4.78 is 39.5. The van der Waals surface area contributed by atoms with Crippen LogP contribution in [0, 0.1) is 47.3 Å². The van der Waals surface area contributed by atoms with Crippen LogP contribution in [-0.4, -0.2) is 59.8 Å². The number of hydrogen-bond acceptors (Lipinski definition) is 11. The van der Waals surface area contributed by atoms with Crippen LogP contribution >= 0.6 is 0 Å². The molecule has 11 rings (SSSR count). The maximum Gasteiger partial charge on any atom is 0.514 e. The Labute approximate surface area is 295 Å². The summed E-state index contributed by atoms with van der Waals surface area (Å²) in [5.41, 5.74) is -1.41. The molecule has 276 valence electrons. The molecule has 50 heavy (non-hydrogen) atoms. The van der Waals surface area contributed by atoms with Gasteiger partial charge < -0.3 is 28.4 Å². The maximum absolute atomic E-state index is 13.6. The third-order valence-corrected chi connectivity index (χ3v) is 14.5. The molecular formula is C39H54O11. The molecule has 2 spiro atoms. The van der Waals surface area contributed by atoms with Crippen molar-refractivity contribution in [1.82, 2.24) is 0 Å². The highest BCUT2D eigenvalue weighted by Gasteiger charge is 2.72. The minimum Gasteiger partial charge on any atom is -0.428 e. The molecule has 0 amide bonds. The standard InChI is InChI=1S/C39H54O11/c1-21-12-14-28-23(3)30(42-33-38(28)26(21)16-18-36(5,45-33)47-49-38)20-31(43-35(40)41-25-10-8-7-9-11-25)32-24(4)29-15-13-22(2)27-17-19-37(6)46-34(44-32)39(27,29)50-48-37/h7-11,21-24,26-34H,12-20H2,1-6H3/t21-,22-,23-,24-,26+,27+,28+,29+,30-,31+,32?,33-,34-,36-,37-,38-,39-/m1/s1. The first-order valence-electron chi connectivity index (χ1n) is 19.3. The molecule has 11 heteroatoms. The number of para-hydroxylation sites is 1. The lowest BCUT2D eigenvalue weighted by atomic mass is 9.56. The molecule has 1 aromatic rings. The molecule has 0 aromatic heterocycles. The van der Waals surface area contributed by atoms with E-state index in [9.17, 15) is 4.79 Å². The Morgan fingerprint density at radius 1 is 0.720 bits per heavy atom. The fourth-order valence-electron chi connectivity index (χ4n) is 11.8. The lowest BCUT2D eigenvalue weighted by molar-refractivity contribution is -0.573. The molecule has 4 bridgehead atoms. The quantitative estimate of drug-likeness (QED) is 0.174. The van der Waals surface area contributed by atoms with Crippen molar-refractivity contribution in [3.8, 4) is 5.75 Å². The normalized spacial score (nSPS) is 52.5. The van der Waals surface area contributed by atoms with Gasteiger partial charge in [-0.2, -0.15) is 0 Å². The zero-order valence-electron chi connectivity index (χ0n) is 30.2. The van der Waals surface area contributed by atoms with Crippen molar-refractivity contribution in [2.24, 2.45) is 47.3 Å². The first-order valence-corrected chi connectivity index (χ1v) is 19.3. The van der Waals surface area contributed by atoms with Crippen LogP contribution in [0.4, 0.5) is 4.79 Å². The Bertz CT molecular complexity index is 1440. The van der Waals surface area contributed by atoms with Gasteiger partial charge in [-0.25, -0.2) is 24.3 Å². The van der Waals surface area contributed by atoms with Gasteiger partial charge in [0.05, 0.1) is 6.10 Å². The van der Waals surface area contributed by atoms with Gasteiger partial charge in [-0.15, -0.1) is 0 Å². The third-order valence-electron chi connectivity index (χ3n) is 14.5. The summed E-state index contributed by atoms with van der Waals surface area (Å²) >= 11 is 0. The van der Waals surface area contributed by atoms with Gasteiger partial charge in [-0.1, -0.05) is 45.9 Å². The molecule has 1 unspecified atom stereocenters. The molecule has 0 N–H and O–H groups in total. The molecule has 11 nitrogen and oxygen atoms in total. The third kappa shape index (κ3) is 5.08. The van der Waals surface area contributed by atoms with Crippen molar-refractivity contribution in [3.05, 3.63) is 30.3 Å². The van der Waals surface area contributed by atoms with E-state index in [0.29, 0.717) is 24.0 Å². The lowest BCUT2D eigenvalue weighted by Gasteiger charge is -2.62. The van der Waals surface area contributed by atoms with Crippen LogP contribution in [0.5, 0.6) is 5.75 Å². The molecule has 2 saturated carbocycles. The summed E-state index contributed by atoms with van der Waals surface area (Å²) in [5, 5.41) is 0. The van der Waals surface area contributed by atoms with E-state index in [4.69, 9.17) is 48.0 Å². The molecule has 10 aliphatic rings. The zero-order chi connectivity index (χ0) is 34.6. The molecule has 17 atom stereocenters. The van der Waals surface area contributed by atoms with Gasteiger partial charge in [0.2, 0.25) is 11.6 Å². The van der Waals surface area contributed by atoms with Crippen LogP contribution in [0.25, 0.3) is 0 Å². The van der Waals surface area contributed by atoms with Gasteiger partial charge in [0.1, 0.15) is 18.0 Å². The zero-order valence-corrected chi connectivity index (χ0v) is 30.2. The van der Waals surface area contributed by atoms with E-state index in [1.807, 2.05) is 32.0 Å². The van der Waals surface area contributed by atoms with E-state index in [-0.39, 0.29) is 41.6 Å². The fourth-order valence-corrected chi connectivity index (χ4v) is 11.8. The molecular weight excluding hydrogens is 644 g/mol. The van der Waals surface area contributed by atoms with E-state index in [1.54, 1.807) is 12.1 Å². The SMILES string of the molecule is C[C@H]1[C@@H](C[C@H](OC(=O)Oc2ccccc2)C2O[C@@H]3O[C@@]4(C)CC[C@H]5[C@H](C)CC[C@@H]([C@H]2C)[C@@]35OO4)O[C@@H]2O[C@@]3(C)CC[C@H]4[C@H](C)CC[C@@H]1[C@@]24OO3. The second-order valence-corrected chi connectivity index (χ2v) is 17.4. The Morgan fingerprint density at radius 2 is 1.28 bits per heavy atom. The van der Waals surface area contributed by atoms with Crippen LogP contribution < -0.4 is 4.74 Å². The highest BCUT2D eigenvalue weighted by Crippen LogP contribution is 2.63. The van der Waals surface area contributed by atoms with Crippen LogP contribution in [0.2, 0.25) is 0 Å². The van der Waals surface area contributed by atoms with Crippen LogP contribution in [0.15, 0.2) is 30.3 Å². The smallest absolute Gasteiger partial charge is 0.428 e. The molecule has 8 aliphatic heterocycles. The summed E-state index contributed by atoms with van der Waals surface area (Å²) in [5.74, 6) is 0.263. The number of carbonyl (C=O) groups is 1. The number of fused-ring (bicyclic) bond motifs is 4. The predicted octanol–water partition coefficient (Wildman–Crippen LogP) is 7.46.